The molecule has 5 nitrogen and oxygen atoms in total. The van der Waals surface area contributed by atoms with Gasteiger partial charge in [0.1, 0.15) is 17.1 Å². The normalized spacial score (nSPS) is 16.2. The third-order valence-corrected chi connectivity index (χ3v) is 5.17. The van der Waals surface area contributed by atoms with Crippen LogP contribution in [0.5, 0.6) is 0 Å². The second-order valence-electron chi connectivity index (χ2n) is 5.35. The molecule has 1 aliphatic heterocycles. The zero-order valence-corrected chi connectivity index (χ0v) is 16.5. The van der Waals surface area contributed by atoms with E-state index >= 15 is 0 Å². The average molecular weight is 452 g/mol. The SMILES string of the molecule is C=CCN1C(=O)/C(=C/c2ccc(-c3ccc(Br)c(Cl)c3)o2)C(=O)NC1=S. The van der Waals surface area contributed by atoms with Crippen LogP contribution < -0.4 is 5.32 Å². The Balaban J connectivity index is 1.92. The quantitative estimate of drug-likeness (QED) is 0.328. The summed E-state index contributed by atoms with van der Waals surface area (Å²) < 4.78 is 6.51. The molecule has 0 bridgehead atoms. The number of rotatable bonds is 4. The number of hydrogen-bond donors (Lipinski definition) is 1. The van der Waals surface area contributed by atoms with Crippen molar-refractivity contribution in [2.24, 2.45) is 0 Å². The van der Waals surface area contributed by atoms with Gasteiger partial charge in [0.25, 0.3) is 11.8 Å². The fraction of sp³-hybridized carbons (Fsp3) is 0.0556. The Labute approximate surface area is 168 Å². The molecular formula is C18H12BrClN2O3S. The number of nitrogens with zero attached hydrogens (tertiary/aromatic N) is 1. The van der Waals surface area contributed by atoms with Crippen molar-refractivity contribution < 1.29 is 14.0 Å². The highest BCUT2D eigenvalue weighted by atomic mass is 79.9. The van der Waals surface area contributed by atoms with Crippen LogP contribution in [0.2, 0.25) is 5.02 Å². The van der Waals surface area contributed by atoms with E-state index in [1.165, 1.54) is 17.1 Å². The summed E-state index contributed by atoms with van der Waals surface area (Å²) in [4.78, 5) is 25.9. The molecule has 0 saturated carbocycles. The molecule has 8 heteroatoms. The Hall–Kier alpha value is -2.22. The Morgan fingerprint density at radius 3 is 2.77 bits per heavy atom. The zero-order chi connectivity index (χ0) is 18.8. The molecule has 1 saturated heterocycles. The summed E-state index contributed by atoms with van der Waals surface area (Å²) in [5.41, 5.74) is 0.715. The largest absolute Gasteiger partial charge is 0.457 e. The monoisotopic (exact) mass is 450 g/mol. The van der Waals surface area contributed by atoms with Crippen LogP contribution >= 0.6 is 39.7 Å². The molecule has 2 heterocycles. The summed E-state index contributed by atoms with van der Waals surface area (Å²) in [7, 11) is 0. The standard InChI is InChI=1S/C18H12BrClN2O3S/c1-2-7-22-17(24)12(16(23)21-18(22)26)9-11-4-6-15(25-11)10-3-5-13(19)14(20)8-10/h2-6,8-9H,1,7H2,(H,21,23,26)/b12-9+. The lowest BCUT2D eigenvalue weighted by Gasteiger charge is -2.27. The molecule has 0 aliphatic carbocycles. The van der Waals surface area contributed by atoms with Gasteiger partial charge >= 0.3 is 0 Å². The van der Waals surface area contributed by atoms with Crippen molar-refractivity contribution in [3.63, 3.8) is 0 Å². The number of benzene rings is 1. The van der Waals surface area contributed by atoms with Crippen LogP contribution in [0.1, 0.15) is 5.76 Å². The summed E-state index contributed by atoms with van der Waals surface area (Å²) in [6.07, 6.45) is 2.92. The molecule has 0 radical (unpaired) electrons. The molecule has 1 aliphatic rings. The molecule has 0 spiro atoms. The Bertz CT molecular complexity index is 967. The molecule has 1 aromatic heterocycles. The maximum Gasteiger partial charge on any atom is 0.266 e. The maximum atomic E-state index is 12.5. The molecular weight excluding hydrogens is 440 g/mol. The van der Waals surface area contributed by atoms with Gasteiger partial charge in [-0.25, -0.2) is 0 Å². The van der Waals surface area contributed by atoms with Crippen LogP contribution in [0.3, 0.4) is 0 Å². The molecule has 1 aromatic carbocycles. The van der Waals surface area contributed by atoms with Crippen molar-refractivity contribution in [3.05, 3.63) is 63.8 Å². The minimum absolute atomic E-state index is 0.0571. The maximum absolute atomic E-state index is 12.5. The fourth-order valence-electron chi connectivity index (χ4n) is 2.37. The van der Waals surface area contributed by atoms with Crippen molar-refractivity contribution in [1.29, 1.82) is 0 Å². The highest BCUT2D eigenvalue weighted by Gasteiger charge is 2.32. The Morgan fingerprint density at radius 2 is 2.08 bits per heavy atom. The van der Waals surface area contributed by atoms with E-state index in [0.717, 1.165) is 10.0 Å². The number of halogens is 2. The molecule has 0 atom stereocenters. The topological polar surface area (TPSA) is 62.6 Å². The van der Waals surface area contributed by atoms with E-state index in [1.54, 1.807) is 18.2 Å². The van der Waals surface area contributed by atoms with Gasteiger partial charge in [-0.3, -0.25) is 19.8 Å². The number of carbonyl (C=O) groups excluding carboxylic acids is 2. The molecule has 3 rings (SSSR count). The Kier molecular flexibility index (Phi) is 5.41. The van der Waals surface area contributed by atoms with E-state index in [2.05, 4.69) is 27.8 Å². The molecule has 2 aromatic rings. The summed E-state index contributed by atoms with van der Waals surface area (Å²) >= 11 is 14.4. The Morgan fingerprint density at radius 1 is 1.31 bits per heavy atom. The predicted octanol–water partition coefficient (Wildman–Crippen LogP) is 4.18. The molecule has 26 heavy (non-hydrogen) atoms. The van der Waals surface area contributed by atoms with E-state index in [0.29, 0.717) is 16.5 Å². The van der Waals surface area contributed by atoms with Gasteiger partial charge in [0.2, 0.25) is 0 Å². The summed E-state index contributed by atoms with van der Waals surface area (Å²) in [5, 5.41) is 3.09. The number of thiocarbonyl (C=S) groups is 1. The lowest BCUT2D eigenvalue weighted by molar-refractivity contribution is -0.128. The van der Waals surface area contributed by atoms with Gasteiger partial charge in [0.05, 0.1) is 5.02 Å². The highest BCUT2D eigenvalue weighted by Crippen LogP contribution is 2.30. The van der Waals surface area contributed by atoms with Gasteiger partial charge in [-0.05, 0) is 58.5 Å². The van der Waals surface area contributed by atoms with Gasteiger partial charge in [-0.1, -0.05) is 23.7 Å². The van der Waals surface area contributed by atoms with Gasteiger partial charge < -0.3 is 4.42 Å². The summed E-state index contributed by atoms with van der Waals surface area (Å²) in [6, 6.07) is 8.82. The van der Waals surface area contributed by atoms with Crippen molar-refractivity contribution in [1.82, 2.24) is 10.2 Å². The zero-order valence-electron chi connectivity index (χ0n) is 13.3. The summed E-state index contributed by atoms with van der Waals surface area (Å²) in [6.45, 7) is 3.79. The third-order valence-electron chi connectivity index (χ3n) is 3.61. The van der Waals surface area contributed by atoms with Crippen LogP contribution in [0, 0.1) is 0 Å². The smallest absolute Gasteiger partial charge is 0.266 e. The number of hydrogen-bond acceptors (Lipinski definition) is 4. The van der Waals surface area contributed by atoms with Crippen LogP contribution in [0.4, 0.5) is 0 Å². The third kappa shape index (κ3) is 3.65. The lowest BCUT2D eigenvalue weighted by atomic mass is 10.1. The highest BCUT2D eigenvalue weighted by molar-refractivity contribution is 9.10. The van der Waals surface area contributed by atoms with Crippen molar-refractivity contribution >= 4 is 62.8 Å². The summed E-state index contributed by atoms with van der Waals surface area (Å²) in [5.74, 6) is -0.134. The molecule has 1 N–H and O–H groups in total. The van der Waals surface area contributed by atoms with Crippen molar-refractivity contribution in [3.8, 4) is 11.3 Å². The van der Waals surface area contributed by atoms with Gasteiger partial charge in [0, 0.05) is 16.6 Å². The van der Waals surface area contributed by atoms with Gasteiger partial charge in [-0.2, -0.15) is 0 Å². The van der Waals surface area contributed by atoms with Gasteiger partial charge in [-0.15, -0.1) is 6.58 Å². The minimum Gasteiger partial charge on any atom is -0.457 e. The fourth-order valence-corrected chi connectivity index (χ4v) is 3.04. The molecule has 132 valence electrons. The predicted molar refractivity (Wildman–Crippen MR) is 107 cm³/mol. The van der Waals surface area contributed by atoms with Crippen molar-refractivity contribution in [2.75, 3.05) is 6.54 Å². The second kappa shape index (κ2) is 7.57. The first-order chi connectivity index (χ1) is 12.4. The minimum atomic E-state index is -0.565. The van der Waals surface area contributed by atoms with Crippen LogP contribution in [0.25, 0.3) is 17.4 Å². The first-order valence-electron chi connectivity index (χ1n) is 7.45. The number of amides is 2. The molecule has 0 unspecified atom stereocenters. The first kappa shape index (κ1) is 18.6. The van der Waals surface area contributed by atoms with E-state index in [9.17, 15) is 9.59 Å². The van der Waals surface area contributed by atoms with E-state index in [-0.39, 0.29) is 17.2 Å². The van der Waals surface area contributed by atoms with E-state index in [1.807, 2.05) is 12.1 Å². The number of furan rings is 1. The first-order valence-corrected chi connectivity index (χ1v) is 9.03. The van der Waals surface area contributed by atoms with Crippen LogP contribution in [0.15, 0.2) is 57.4 Å². The van der Waals surface area contributed by atoms with E-state index in [4.69, 9.17) is 28.2 Å². The van der Waals surface area contributed by atoms with Crippen molar-refractivity contribution in [2.45, 2.75) is 0 Å². The average Bonchev–Trinajstić information content (AvgIpc) is 3.06. The van der Waals surface area contributed by atoms with Crippen LogP contribution in [-0.2, 0) is 9.59 Å². The second-order valence-corrected chi connectivity index (χ2v) is 7.00. The molecule has 2 amide bonds. The van der Waals surface area contributed by atoms with Gasteiger partial charge in [0.15, 0.2) is 5.11 Å². The van der Waals surface area contributed by atoms with E-state index < -0.39 is 11.8 Å². The number of carbonyl (C=O) groups is 2. The van der Waals surface area contributed by atoms with Crippen LogP contribution in [-0.4, -0.2) is 28.4 Å². The molecule has 1 fully saturated rings. The number of nitrogens with one attached hydrogen (secondary N) is 1. The lowest BCUT2D eigenvalue weighted by Crippen LogP contribution is -2.53.